The standard InChI is InChI=1S/C16H21N3O4S/c1-18-9-6-12(7-10-18)17-15(20)8-11-19-16(21)13-4-2-3-5-14(13)24(19,22)23/h2-5,12H,6-11H2,1H3,(H,17,20). The highest BCUT2D eigenvalue weighted by Crippen LogP contribution is 2.29. The molecule has 7 nitrogen and oxygen atoms in total. The minimum Gasteiger partial charge on any atom is -0.353 e. The van der Waals surface area contributed by atoms with Gasteiger partial charge in [-0.25, -0.2) is 12.7 Å². The van der Waals surface area contributed by atoms with E-state index < -0.39 is 15.9 Å². The molecule has 130 valence electrons. The molecule has 1 saturated heterocycles. The Bertz CT molecular complexity index is 754. The number of likely N-dealkylation sites (tertiary alicyclic amines) is 1. The van der Waals surface area contributed by atoms with Crippen LogP contribution in [0.4, 0.5) is 0 Å². The number of piperidine rings is 1. The summed E-state index contributed by atoms with van der Waals surface area (Å²) in [6.07, 6.45) is 1.74. The molecule has 0 unspecified atom stereocenters. The van der Waals surface area contributed by atoms with Crippen LogP contribution in [0.1, 0.15) is 29.6 Å². The molecule has 1 aromatic rings. The number of rotatable bonds is 4. The molecule has 0 radical (unpaired) electrons. The van der Waals surface area contributed by atoms with E-state index >= 15 is 0 Å². The van der Waals surface area contributed by atoms with Crippen LogP contribution < -0.4 is 5.32 Å². The molecule has 0 aliphatic carbocycles. The second-order valence-corrected chi connectivity index (χ2v) is 8.10. The Labute approximate surface area is 141 Å². The van der Waals surface area contributed by atoms with Crippen LogP contribution in [-0.4, -0.2) is 62.2 Å². The van der Waals surface area contributed by atoms with E-state index in [1.807, 2.05) is 7.05 Å². The fraction of sp³-hybridized carbons (Fsp3) is 0.500. The number of nitrogens with zero attached hydrogens (tertiary/aromatic N) is 2. The lowest BCUT2D eigenvalue weighted by Crippen LogP contribution is -2.44. The Hall–Kier alpha value is -1.93. The fourth-order valence-electron chi connectivity index (χ4n) is 3.11. The molecule has 0 spiro atoms. The number of sulfonamides is 1. The first-order valence-corrected chi connectivity index (χ1v) is 9.47. The number of fused-ring (bicyclic) bond motifs is 1. The highest BCUT2D eigenvalue weighted by atomic mass is 32.2. The second kappa shape index (κ2) is 6.52. The van der Waals surface area contributed by atoms with Gasteiger partial charge in [0, 0.05) is 19.0 Å². The maximum absolute atomic E-state index is 12.4. The van der Waals surface area contributed by atoms with Crippen LogP contribution in [0.2, 0.25) is 0 Å². The van der Waals surface area contributed by atoms with E-state index in [1.54, 1.807) is 12.1 Å². The van der Waals surface area contributed by atoms with Crippen molar-refractivity contribution < 1.29 is 18.0 Å². The molecular weight excluding hydrogens is 330 g/mol. The monoisotopic (exact) mass is 351 g/mol. The molecule has 1 aromatic carbocycles. The number of carbonyl (C=O) groups is 2. The van der Waals surface area contributed by atoms with Crippen LogP contribution in [0.5, 0.6) is 0 Å². The first-order valence-electron chi connectivity index (χ1n) is 8.03. The minimum atomic E-state index is -3.83. The molecule has 0 saturated carbocycles. The van der Waals surface area contributed by atoms with Crippen molar-refractivity contribution >= 4 is 21.8 Å². The minimum absolute atomic E-state index is 0.0192. The van der Waals surface area contributed by atoms with Crippen molar-refractivity contribution in [2.24, 2.45) is 0 Å². The normalized spacial score (nSPS) is 20.9. The Morgan fingerprint density at radius 3 is 2.58 bits per heavy atom. The van der Waals surface area contributed by atoms with Gasteiger partial charge in [0.1, 0.15) is 4.90 Å². The molecule has 2 heterocycles. The van der Waals surface area contributed by atoms with Gasteiger partial charge in [-0.05, 0) is 45.1 Å². The topological polar surface area (TPSA) is 86.8 Å². The van der Waals surface area contributed by atoms with Gasteiger partial charge in [-0.3, -0.25) is 9.59 Å². The molecule has 8 heteroatoms. The molecule has 0 aromatic heterocycles. The summed E-state index contributed by atoms with van der Waals surface area (Å²) >= 11 is 0. The van der Waals surface area contributed by atoms with Crippen molar-refractivity contribution in [2.45, 2.75) is 30.2 Å². The molecular formula is C16H21N3O4S. The average molecular weight is 351 g/mol. The number of carbonyl (C=O) groups excluding carboxylic acids is 2. The van der Waals surface area contributed by atoms with E-state index in [1.165, 1.54) is 12.1 Å². The Morgan fingerprint density at radius 2 is 1.92 bits per heavy atom. The van der Waals surface area contributed by atoms with Gasteiger partial charge < -0.3 is 10.2 Å². The molecule has 0 atom stereocenters. The zero-order chi connectivity index (χ0) is 17.3. The van der Waals surface area contributed by atoms with Crippen molar-refractivity contribution in [2.75, 3.05) is 26.7 Å². The predicted octanol–water partition coefficient (Wildman–Crippen LogP) is 0.432. The highest BCUT2D eigenvalue weighted by Gasteiger charge is 2.40. The second-order valence-electron chi connectivity index (χ2n) is 6.27. The van der Waals surface area contributed by atoms with Gasteiger partial charge in [-0.15, -0.1) is 0 Å². The van der Waals surface area contributed by atoms with Gasteiger partial charge in [0.2, 0.25) is 5.91 Å². The zero-order valence-electron chi connectivity index (χ0n) is 13.6. The summed E-state index contributed by atoms with van der Waals surface area (Å²) in [6, 6.07) is 6.24. The third kappa shape index (κ3) is 3.16. The van der Waals surface area contributed by atoms with Gasteiger partial charge in [-0.1, -0.05) is 12.1 Å². The van der Waals surface area contributed by atoms with E-state index in [-0.39, 0.29) is 35.4 Å². The molecule has 2 aliphatic rings. The van der Waals surface area contributed by atoms with Gasteiger partial charge in [-0.2, -0.15) is 0 Å². The lowest BCUT2D eigenvalue weighted by Gasteiger charge is -2.29. The van der Waals surface area contributed by atoms with Crippen LogP contribution in [0.3, 0.4) is 0 Å². The summed E-state index contributed by atoms with van der Waals surface area (Å²) in [6.45, 7) is 1.73. The van der Waals surface area contributed by atoms with Crippen LogP contribution >= 0.6 is 0 Å². The van der Waals surface area contributed by atoms with Crippen LogP contribution in [-0.2, 0) is 14.8 Å². The fourth-order valence-corrected chi connectivity index (χ4v) is 4.68. The summed E-state index contributed by atoms with van der Waals surface area (Å²) in [4.78, 5) is 26.6. The number of hydrogen-bond acceptors (Lipinski definition) is 5. The summed E-state index contributed by atoms with van der Waals surface area (Å²) in [7, 11) is -1.79. The van der Waals surface area contributed by atoms with Crippen molar-refractivity contribution in [1.82, 2.24) is 14.5 Å². The lowest BCUT2D eigenvalue weighted by molar-refractivity contribution is -0.122. The van der Waals surface area contributed by atoms with E-state index in [9.17, 15) is 18.0 Å². The molecule has 1 N–H and O–H groups in total. The third-order valence-corrected chi connectivity index (χ3v) is 6.38. The molecule has 24 heavy (non-hydrogen) atoms. The van der Waals surface area contributed by atoms with Gasteiger partial charge in [0.05, 0.1) is 5.56 Å². The number of benzene rings is 1. The van der Waals surface area contributed by atoms with E-state index in [4.69, 9.17) is 0 Å². The maximum Gasteiger partial charge on any atom is 0.269 e. The zero-order valence-corrected chi connectivity index (χ0v) is 14.4. The van der Waals surface area contributed by atoms with Gasteiger partial charge >= 0.3 is 0 Å². The van der Waals surface area contributed by atoms with Gasteiger partial charge in [0.25, 0.3) is 15.9 Å². The van der Waals surface area contributed by atoms with E-state index in [2.05, 4.69) is 10.2 Å². The molecule has 3 rings (SSSR count). The molecule has 2 aliphatic heterocycles. The first kappa shape index (κ1) is 16.9. The van der Waals surface area contributed by atoms with Crippen molar-refractivity contribution in [3.8, 4) is 0 Å². The Kier molecular flexibility index (Phi) is 4.60. The average Bonchev–Trinajstić information content (AvgIpc) is 2.75. The predicted molar refractivity (Wildman–Crippen MR) is 87.9 cm³/mol. The summed E-state index contributed by atoms with van der Waals surface area (Å²) < 4.78 is 25.6. The van der Waals surface area contributed by atoms with Crippen LogP contribution in [0, 0.1) is 0 Å². The van der Waals surface area contributed by atoms with E-state index in [0.717, 1.165) is 30.2 Å². The van der Waals surface area contributed by atoms with Gasteiger partial charge in [0.15, 0.2) is 0 Å². The SMILES string of the molecule is CN1CCC(NC(=O)CCN2C(=O)c3ccccc3S2(=O)=O)CC1. The van der Waals surface area contributed by atoms with E-state index in [0.29, 0.717) is 0 Å². The summed E-state index contributed by atoms with van der Waals surface area (Å²) in [5.41, 5.74) is 0.174. The third-order valence-electron chi connectivity index (χ3n) is 4.54. The van der Waals surface area contributed by atoms with Crippen LogP contribution in [0.25, 0.3) is 0 Å². The Morgan fingerprint density at radius 1 is 1.25 bits per heavy atom. The van der Waals surface area contributed by atoms with Crippen molar-refractivity contribution in [1.29, 1.82) is 0 Å². The molecule has 1 fully saturated rings. The maximum atomic E-state index is 12.4. The van der Waals surface area contributed by atoms with Crippen molar-refractivity contribution in [3.05, 3.63) is 29.8 Å². The number of amides is 2. The summed E-state index contributed by atoms with van der Waals surface area (Å²) in [5.74, 6) is -0.777. The smallest absolute Gasteiger partial charge is 0.269 e. The number of nitrogens with one attached hydrogen (secondary N) is 1. The lowest BCUT2D eigenvalue weighted by atomic mass is 10.1. The first-order chi connectivity index (χ1) is 11.4. The molecule has 2 amide bonds. The molecule has 0 bridgehead atoms. The number of hydrogen-bond donors (Lipinski definition) is 1. The summed E-state index contributed by atoms with van der Waals surface area (Å²) in [5, 5.41) is 2.93. The quantitative estimate of drug-likeness (QED) is 0.850. The Balaban J connectivity index is 1.59. The van der Waals surface area contributed by atoms with Crippen LogP contribution in [0.15, 0.2) is 29.2 Å². The van der Waals surface area contributed by atoms with Crippen molar-refractivity contribution in [3.63, 3.8) is 0 Å². The largest absolute Gasteiger partial charge is 0.353 e. The highest BCUT2D eigenvalue weighted by molar-refractivity contribution is 7.90.